The maximum Gasteiger partial charge on any atom is 0.175 e. The van der Waals surface area contributed by atoms with Crippen LogP contribution in [0.2, 0.25) is 0 Å². The minimum atomic E-state index is -0.436. The molecule has 7 heteroatoms. The molecule has 0 radical (unpaired) electrons. The number of ketones is 1. The standard InChI is InChI=1S/C28H30BrN3O3/c1-4-7-18-10-23-27(24(33)11-18)26(21(14-30)17(3)32-23)20-12-22(29)28(25(13-20)34-5-2)35-16-19-8-6-9-31-15-19/h6,8-9,12-13,15,18,26,32H,4-5,7,10-11,16H2,1-3H3. The van der Waals surface area contributed by atoms with Gasteiger partial charge in [-0.2, -0.15) is 5.26 Å². The van der Waals surface area contributed by atoms with Crippen molar-refractivity contribution in [3.63, 3.8) is 0 Å². The number of hydrogen-bond donors (Lipinski definition) is 1. The zero-order valence-corrected chi connectivity index (χ0v) is 21.9. The number of aromatic nitrogens is 1. The van der Waals surface area contributed by atoms with Crippen LogP contribution >= 0.6 is 15.9 Å². The first-order valence-electron chi connectivity index (χ1n) is 12.1. The van der Waals surface area contributed by atoms with Crippen molar-refractivity contribution in [3.8, 4) is 17.6 Å². The molecule has 0 spiro atoms. The van der Waals surface area contributed by atoms with Crippen molar-refractivity contribution < 1.29 is 14.3 Å². The van der Waals surface area contributed by atoms with E-state index in [1.54, 1.807) is 12.4 Å². The topological polar surface area (TPSA) is 84.2 Å². The van der Waals surface area contributed by atoms with Gasteiger partial charge in [0.2, 0.25) is 0 Å². The number of pyridine rings is 1. The van der Waals surface area contributed by atoms with Crippen LogP contribution < -0.4 is 14.8 Å². The zero-order chi connectivity index (χ0) is 24.9. The van der Waals surface area contributed by atoms with E-state index in [1.165, 1.54) is 0 Å². The van der Waals surface area contributed by atoms with Gasteiger partial charge < -0.3 is 14.8 Å². The molecule has 0 bridgehead atoms. The summed E-state index contributed by atoms with van der Waals surface area (Å²) >= 11 is 3.66. The molecule has 1 aromatic carbocycles. The fraction of sp³-hybridized carbons (Fsp3) is 0.393. The van der Waals surface area contributed by atoms with Crippen LogP contribution in [0, 0.1) is 17.2 Å². The van der Waals surface area contributed by atoms with Crippen LogP contribution in [0.5, 0.6) is 11.5 Å². The highest BCUT2D eigenvalue weighted by Gasteiger charge is 2.39. The lowest BCUT2D eigenvalue weighted by atomic mass is 9.72. The van der Waals surface area contributed by atoms with E-state index < -0.39 is 5.92 Å². The first kappa shape index (κ1) is 25.0. The molecule has 0 amide bonds. The van der Waals surface area contributed by atoms with E-state index in [-0.39, 0.29) is 5.78 Å². The second kappa shape index (κ2) is 11.1. The van der Waals surface area contributed by atoms with Gasteiger partial charge in [0.1, 0.15) is 6.61 Å². The van der Waals surface area contributed by atoms with Crippen LogP contribution in [0.4, 0.5) is 0 Å². The minimum absolute atomic E-state index is 0.119. The minimum Gasteiger partial charge on any atom is -0.490 e. The summed E-state index contributed by atoms with van der Waals surface area (Å²) in [4.78, 5) is 17.5. The fourth-order valence-corrected chi connectivity index (χ4v) is 5.58. The number of nitriles is 1. The monoisotopic (exact) mass is 535 g/mol. The summed E-state index contributed by atoms with van der Waals surface area (Å²) in [6.07, 6.45) is 6.90. The van der Waals surface area contributed by atoms with Gasteiger partial charge in [0, 0.05) is 41.3 Å². The Morgan fingerprint density at radius 2 is 2.09 bits per heavy atom. The van der Waals surface area contributed by atoms with E-state index in [2.05, 4.69) is 39.2 Å². The normalized spacial score (nSPS) is 19.7. The number of benzene rings is 1. The highest BCUT2D eigenvalue weighted by Crippen LogP contribution is 2.47. The van der Waals surface area contributed by atoms with Gasteiger partial charge in [-0.3, -0.25) is 9.78 Å². The van der Waals surface area contributed by atoms with Gasteiger partial charge in [0.25, 0.3) is 0 Å². The number of nitrogens with one attached hydrogen (secondary N) is 1. The summed E-state index contributed by atoms with van der Waals surface area (Å²) in [5.41, 5.74) is 4.79. The van der Waals surface area contributed by atoms with Crippen LogP contribution in [0.15, 0.2) is 63.7 Å². The first-order valence-corrected chi connectivity index (χ1v) is 12.9. The molecular formula is C28H30BrN3O3. The van der Waals surface area contributed by atoms with E-state index in [4.69, 9.17) is 9.47 Å². The van der Waals surface area contributed by atoms with Gasteiger partial charge in [-0.15, -0.1) is 0 Å². The molecule has 0 fully saturated rings. The van der Waals surface area contributed by atoms with Crippen LogP contribution in [-0.2, 0) is 11.4 Å². The average molecular weight is 536 g/mol. The molecule has 1 N–H and O–H groups in total. The fourth-order valence-electron chi connectivity index (χ4n) is 5.01. The van der Waals surface area contributed by atoms with Crippen molar-refractivity contribution in [2.45, 2.75) is 59.0 Å². The zero-order valence-electron chi connectivity index (χ0n) is 20.4. The summed E-state index contributed by atoms with van der Waals surface area (Å²) < 4.78 is 12.8. The van der Waals surface area contributed by atoms with Gasteiger partial charge >= 0.3 is 0 Å². The van der Waals surface area contributed by atoms with E-state index in [9.17, 15) is 10.1 Å². The van der Waals surface area contributed by atoms with Gasteiger partial charge in [0.15, 0.2) is 17.3 Å². The predicted octanol–water partition coefficient (Wildman–Crippen LogP) is 6.34. The number of hydrogen-bond acceptors (Lipinski definition) is 6. The van der Waals surface area contributed by atoms with Crippen molar-refractivity contribution in [1.29, 1.82) is 5.26 Å². The van der Waals surface area contributed by atoms with Crippen LogP contribution in [0.1, 0.15) is 63.5 Å². The molecule has 1 aliphatic carbocycles. The number of Topliss-reactive ketones (excluding diaryl/α,β-unsaturated/α-hetero) is 1. The van der Waals surface area contributed by atoms with Crippen molar-refractivity contribution in [3.05, 3.63) is 74.8 Å². The lowest BCUT2D eigenvalue weighted by molar-refractivity contribution is -0.117. The Labute approximate surface area is 215 Å². The Balaban J connectivity index is 1.75. The number of carbonyl (C=O) groups excluding carboxylic acids is 1. The highest BCUT2D eigenvalue weighted by atomic mass is 79.9. The highest BCUT2D eigenvalue weighted by molar-refractivity contribution is 9.10. The Kier molecular flexibility index (Phi) is 7.92. The Morgan fingerprint density at radius 1 is 1.26 bits per heavy atom. The van der Waals surface area contributed by atoms with Gasteiger partial charge in [-0.05, 0) is 72.3 Å². The Hall–Kier alpha value is -3.11. The van der Waals surface area contributed by atoms with Gasteiger partial charge in [-0.25, -0.2) is 0 Å². The lowest BCUT2D eigenvalue weighted by Crippen LogP contribution is -2.34. The number of rotatable bonds is 8. The maximum atomic E-state index is 13.4. The lowest BCUT2D eigenvalue weighted by Gasteiger charge is -2.35. The summed E-state index contributed by atoms with van der Waals surface area (Å²) in [6, 6.07) is 10.0. The Morgan fingerprint density at radius 3 is 2.77 bits per heavy atom. The van der Waals surface area contributed by atoms with Crippen molar-refractivity contribution in [1.82, 2.24) is 10.3 Å². The molecule has 0 saturated heterocycles. The molecule has 2 unspecified atom stereocenters. The van der Waals surface area contributed by atoms with Crippen molar-refractivity contribution in [2.75, 3.05) is 6.61 Å². The number of ether oxygens (including phenoxy) is 2. The summed E-state index contributed by atoms with van der Waals surface area (Å²) in [6.45, 7) is 6.77. The van der Waals surface area contributed by atoms with Crippen molar-refractivity contribution >= 4 is 21.7 Å². The second-order valence-corrected chi connectivity index (χ2v) is 9.85. The van der Waals surface area contributed by atoms with Crippen molar-refractivity contribution in [2.24, 2.45) is 5.92 Å². The van der Waals surface area contributed by atoms with E-state index in [0.29, 0.717) is 52.7 Å². The quantitative estimate of drug-likeness (QED) is 0.424. The first-order chi connectivity index (χ1) is 17.0. The van der Waals surface area contributed by atoms with E-state index in [0.717, 1.165) is 41.8 Å². The largest absolute Gasteiger partial charge is 0.490 e. The number of halogens is 1. The van der Waals surface area contributed by atoms with Gasteiger partial charge in [-0.1, -0.05) is 19.4 Å². The van der Waals surface area contributed by atoms with Crippen LogP contribution in [0.3, 0.4) is 0 Å². The third-order valence-corrected chi connectivity index (χ3v) is 7.09. The predicted molar refractivity (Wildman–Crippen MR) is 138 cm³/mol. The molecular weight excluding hydrogens is 506 g/mol. The summed E-state index contributed by atoms with van der Waals surface area (Å²) in [5, 5.41) is 13.4. The third-order valence-electron chi connectivity index (χ3n) is 6.50. The smallest absolute Gasteiger partial charge is 0.175 e. The SMILES string of the molecule is CCCC1CC(=O)C2=C(C1)NC(C)=C(C#N)C2c1cc(Br)c(OCc2cccnc2)c(OCC)c1. The summed E-state index contributed by atoms with van der Waals surface area (Å²) in [5.74, 6) is 1.18. The molecule has 6 nitrogen and oxygen atoms in total. The van der Waals surface area contributed by atoms with E-state index >= 15 is 0 Å². The van der Waals surface area contributed by atoms with Crippen LogP contribution in [0.25, 0.3) is 0 Å². The number of nitrogens with zero attached hydrogens (tertiary/aromatic N) is 2. The number of allylic oxidation sites excluding steroid dienone is 4. The molecule has 2 aliphatic rings. The molecule has 2 heterocycles. The molecule has 35 heavy (non-hydrogen) atoms. The number of dihydropyridines is 1. The molecule has 1 aliphatic heterocycles. The molecule has 2 aromatic rings. The second-order valence-electron chi connectivity index (χ2n) is 9.00. The maximum absolute atomic E-state index is 13.4. The number of carbonyl (C=O) groups is 1. The molecule has 4 rings (SSSR count). The third kappa shape index (κ3) is 5.28. The Bertz CT molecular complexity index is 1210. The summed E-state index contributed by atoms with van der Waals surface area (Å²) in [7, 11) is 0. The average Bonchev–Trinajstić information content (AvgIpc) is 2.83. The van der Waals surface area contributed by atoms with Crippen LogP contribution in [-0.4, -0.2) is 17.4 Å². The van der Waals surface area contributed by atoms with E-state index in [1.807, 2.05) is 38.1 Å². The van der Waals surface area contributed by atoms with Gasteiger partial charge in [0.05, 0.1) is 28.6 Å². The molecule has 1 aromatic heterocycles. The molecule has 182 valence electrons. The molecule has 2 atom stereocenters. The molecule has 0 saturated carbocycles.